The molecule has 9 nitrogen and oxygen atoms in total. The van der Waals surface area contributed by atoms with E-state index in [0.717, 1.165) is 78.8 Å². The van der Waals surface area contributed by atoms with E-state index < -0.39 is 5.54 Å². The Labute approximate surface area is 288 Å². The maximum absolute atomic E-state index is 14.2. The fourth-order valence-corrected chi connectivity index (χ4v) is 8.29. The second kappa shape index (κ2) is 13.2. The van der Waals surface area contributed by atoms with Gasteiger partial charge in [-0.05, 0) is 74.6 Å². The highest BCUT2D eigenvalue weighted by Crippen LogP contribution is 2.47. The number of nitrogens with zero attached hydrogens (tertiary/aromatic N) is 4. The van der Waals surface area contributed by atoms with Gasteiger partial charge in [0.1, 0.15) is 23.9 Å². The van der Waals surface area contributed by atoms with Gasteiger partial charge in [-0.2, -0.15) is 0 Å². The maximum atomic E-state index is 14.2. The molecule has 1 aliphatic carbocycles. The molecule has 2 aromatic heterocycles. The van der Waals surface area contributed by atoms with E-state index in [9.17, 15) is 4.79 Å². The van der Waals surface area contributed by atoms with Crippen molar-refractivity contribution in [3.8, 4) is 22.8 Å². The van der Waals surface area contributed by atoms with Crippen molar-refractivity contribution in [1.82, 2.24) is 24.3 Å². The minimum absolute atomic E-state index is 0.108. The highest BCUT2D eigenvalue weighted by atomic mass is 16.5. The topological polar surface area (TPSA) is 82.8 Å². The van der Waals surface area contributed by atoms with E-state index >= 15 is 0 Å². The molecule has 256 valence electrons. The molecule has 1 saturated heterocycles. The zero-order valence-corrected chi connectivity index (χ0v) is 29.0. The van der Waals surface area contributed by atoms with Crippen molar-refractivity contribution in [1.29, 1.82) is 0 Å². The van der Waals surface area contributed by atoms with Gasteiger partial charge in [0.2, 0.25) is 0 Å². The molecular weight excluding hydrogens is 614 g/mol. The predicted octanol–water partition coefficient (Wildman–Crippen LogP) is 7.10. The van der Waals surface area contributed by atoms with Gasteiger partial charge in [0.05, 0.1) is 49.1 Å². The van der Waals surface area contributed by atoms with Crippen LogP contribution in [-0.2, 0) is 23.4 Å². The van der Waals surface area contributed by atoms with E-state index in [2.05, 4.69) is 69.6 Å². The number of amides is 1. The van der Waals surface area contributed by atoms with Crippen LogP contribution in [0.3, 0.4) is 0 Å². The Balaban J connectivity index is 1.15. The van der Waals surface area contributed by atoms with Crippen LogP contribution in [0.5, 0.6) is 11.5 Å². The van der Waals surface area contributed by atoms with Crippen molar-refractivity contribution < 1.29 is 19.0 Å². The molecule has 3 aromatic carbocycles. The van der Waals surface area contributed by atoms with E-state index in [0.29, 0.717) is 24.6 Å². The zero-order valence-electron chi connectivity index (χ0n) is 29.0. The first-order valence-corrected chi connectivity index (χ1v) is 18.0. The Hall–Kier alpha value is -4.34. The Bertz CT molecular complexity index is 2000. The molecule has 49 heavy (non-hydrogen) atoms. The number of nitrogens with one attached hydrogen (secondary N) is 1. The molecule has 0 bridgehead atoms. The molecule has 1 amide bonds. The standard InChI is InChI=1S/C40H47N5O4/c1-40(2,39-41-32-11-7-8-12-33(32)45(39)18-17-43-19-22-48-23-20-43)42-38(46)28-13-15-30-34(25-28)44-21-24-49-35-26-29(47-3)14-16-31(35)37(44)36(30)27-9-5-4-6-10-27/h7-8,11-16,25-27H,4-6,9-10,17-24H2,1-3H3,(H,42,46). The lowest BCUT2D eigenvalue weighted by Gasteiger charge is -2.29. The number of imidazole rings is 1. The second-order valence-corrected chi connectivity index (χ2v) is 14.3. The number of carbonyl (C=O) groups is 1. The van der Waals surface area contributed by atoms with Crippen LogP contribution < -0.4 is 14.8 Å². The Morgan fingerprint density at radius 1 is 0.939 bits per heavy atom. The number of aromatic nitrogens is 3. The fourth-order valence-electron chi connectivity index (χ4n) is 8.29. The number of para-hydroxylation sites is 2. The lowest BCUT2D eigenvalue weighted by Crippen LogP contribution is -2.44. The maximum Gasteiger partial charge on any atom is 0.252 e. The summed E-state index contributed by atoms with van der Waals surface area (Å²) in [5.74, 6) is 2.87. The van der Waals surface area contributed by atoms with Crippen molar-refractivity contribution in [2.24, 2.45) is 0 Å². The molecule has 4 heterocycles. The van der Waals surface area contributed by atoms with Gasteiger partial charge in [0.15, 0.2) is 0 Å². The van der Waals surface area contributed by atoms with Crippen molar-refractivity contribution in [3.05, 3.63) is 77.6 Å². The SMILES string of the molecule is COc1ccc2c(c1)OCCn1c-2c(C2CCCCC2)c2ccc(C(=O)NC(C)(C)c3nc4ccccc4n3CCN3CCOCC3)cc21. The third-order valence-corrected chi connectivity index (χ3v) is 10.8. The molecule has 5 aromatic rings. The normalized spacial score (nSPS) is 17.4. The number of benzene rings is 3. The summed E-state index contributed by atoms with van der Waals surface area (Å²) < 4.78 is 22.1. The highest BCUT2D eigenvalue weighted by molar-refractivity contribution is 6.01. The first-order chi connectivity index (χ1) is 23.9. The smallest absolute Gasteiger partial charge is 0.252 e. The molecule has 0 atom stereocenters. The highest BCUT2D eigenvalue weighted by Gasteiger charge is 2.32. The second-order valence-electron chi connectivity index (χ2n) is 14.3. The van der Waals surface area contributed by atoms with Gasteiger partial charge in [-0.25, -0.2) is 4.98 Å². The summed E-state index contributed by atoms with van der Waals surface area (Å²) in [6, 6.07) is 20.7. The van der Waals surface area contributed by atoms with Crippen LogP contribution in [0.15, 0.2) is 60.7 Å². The first-order valence-electron chi connectivity index (χ1n) is 18.0. The molecule has 2 fully saturated rings. The summed E-state index contributed by atoms with van der Waals surface area (Å²) in [5.41, 5.74) is 6.76. The third-order valence-electron chi connectivity index (χ3n) is 10.8. The lowest BCUT2D eigenvalue weighted by molar-refractivity contribution is 0.0363. The number of fused-ring (bicyclic) bond motifs is 6. The Morgan fingerprint density at radius 3 is 2.57 bits per heavy atom. The van der Waals surface area contributed by atoms with E-state index in [4.69, 9.17) is 19.2 Å². The van der Waals surface area contributed by atoms with Crippen LogP contribution in [0.25, 0.3) is 33.2 Å². The summed E-state index contributed by atoms with van der Waals surface area (Å²) in [6.45, 7) is 10.5. The Kier molecular flexibility index (Phi) is 8.58. The molecule has 3 aliphatic rings. The molecule has 8 rings (SSSR count). The molecule has 0 unspecified atom stereocenters. The third kappa shape index (κ3) is 5.97. The summed E-state index contributed by atoms with van der Waals surface area (Å²) in [6.07, 6.45) is 6.15. The number of rotatable bonds is 8. The average molecular weight is 662 g/mol. The van der Waals surface area contributed by atoms with E-state index in [-0.39, 0.29) is 5.91 Å². The first kappa shape index (κ1) is 31.9. The van der Waals surface area contributed by atoms with Gasteiger partial charge >= 0.3 is 0 Å². The summed E-state index contributed by atoms with van der Waals surface area (Å²) in [5, 5.41) is 4.62. The van der Waals surface area contributed by atoms with Crippen LogP contribution in [-0.4, -0.2) is 71.5 Å². The molecule has 9 heteroatoms. The summed E-state index contributed by atoms with van der Waals surface area (Å²) in [4.78, 5) is 21.7. The van der Waals surface area contributed by atoms with E-state index in [1.807, 2.05) is 24.3 Å². The minimum atomic E-state index is -0.717. The number of morpholine rings is 1. The lowest BCUT2D eigenvalue weighted by atomic mass is 9.81. The summed E-state index contributed by atoms with van der Waals surface area (Å²) in [7, 11) is 1.69. The largest absolute Gasteiger partial charge is 0.497 e. The molecule has 0 radical (unpaired) electrons. The van der Waals surface area contributed by atoms with Gasteiger partial charge < -0.3 is 28.7 Å². The van der Waals surface area contributed by atoms with Gasteiger partial charge in [-0.15, -0.1) is 0 Å². The number of carbonyl (C=O) groups excluding carboxylic acids is 1. The number of ether oxygens (including phenoxy) is 3. The van der Waals surface area contributed by atoms with Gasteiger partial charge in [0, 0.05) is 54.3 Å². The van der Waals surface area contributed by atoms with Gasteiger partial charge in [0.25, 0.3) is 5.91 Å². The van der Waals surface area contributed by atoms with Crippen LogP contribution >= 0.6 is 0 Å². The quantitative estimate of drug-likeness (QED) is 0.191. The number of hydrogen-bond donors (Lipinski definition) is 1. The van der Waals surface area contributed by atoms with Crippen LogP contribution in [0.1, 0.15) is 73.6 Å². The van der Waals surface area contributed by atoms with Gasteiger partial charge in [-0.1, -0.05) is 37.5 Å². The average Bonchev–Trinajstić information content (AvgIpc) is 3.60. The monoisotopic (exact) mass is 661 g/mol. The van der Waals surface area contributed by atoms with Crippen molar-refractivity contribution in [3.63, 3.8) is 0 Å². The van der Waals surface area contributed by atoms with E-state index in [1.54, 1.807) is 7.11 Å². The van der Waals surface area contributed by atoms with Crippen molar-refractivity contribution in [2.45, 2.75) is 70.5 Å². The molecular formula is C40H47N5O4. The van der Waals surface area contributed by atoms with Crippen LogP contribution in [0, 0.1) is 0 Å². The predicted molar refractivity (Wildman–Crippen MR) is 193 cm³/mol. The molecule has 1 saturated carbocycles. The van der Waals surface area contributed by atoms with Crippen LogP contribution in [0.2, 0.25) is 0 Å². The van der Waals surface area contributed by atoms with Crippen molar-refractivity contribution >= 4 is 27.8 Å². The van der Waals surface area contributed by atoms with Gasteiger partial charge in [-0.3, -0.25) is 9.69 Å². The zero-order chi connectivity index (χ0) is 33.5. The minimum Gasteiger partial charge on any atom is -0.497 e. The molecule has 1 N–H and O–H groups in total. The molecule has 0 spiro atoms. The number of methoxy groups -OCH3 is 1. The van der Waals surface area contributed by atoms with Crippen molar-refractivity contribution in [2.75, 3.05) is 46.6 Å². The Morgan fingerprint density at radius 2 is 1.76 bits per heavy atom. The molecule has 2 aliphatic heterocycles. The van der Waals surface area contributed by atoms with E-state index in [1.165, 1.54) is 48.7 Å². The fraction of sp³-hybridized carbons (Fsp3) is 0.450. The van der Waals surface area contributed by atoms with Crippen LogP contribution in [0.4, 0.5) is 0 Å². The number of hydrogen-bond acceptors (Lipinski definition) is 6. The summed E-state index contributed by atoms with van der Waals surface area (Å²) >= 11 is 0.